The standard InChI is InChI=1S/C15H24O8/c1-14(2,20-7-10-5-18-12(16)22-10)9-15(3,4)21-8-11-6-19-13(17)23-11/h10-11H,5-9H2,1-4H3. The summed E-state index contributed by atoms with van der Waals surface area (Å²) in [7, 11) is 0. The van der Waals surface area contributed by atoms with Crippen LogP contribution in [0.4, 0.5) is 9.59 Å². The molecule has 0 aromatic rings. The SMILES string of the molecule is CC(C)(CC(C)(C)OCC1COC(=O)O1)OCC1COC(=O)O1. The average molecular weight is 332 g/mol. The van der Waals surface area contributed by atoms with Gasteiger partial charge in [-0.2, -0.15) is 0 Å². The van der Waals surface area contributed by atoms with Gasteiger partial charge in [-0.25, -0.2) is 9.59 Å². The van der Waals surface area contributed by atoms with E-state index in [1.165, 1.54) is 0 Å². The first-order chi connectivity index (χ1) is 10.7. The summed E-state index contributed by atoms with van der Waals surface area (Å²) in [6, 6.07) is 0. The second-order valence-corrected chi connectivity index (χ2v) is 6.92. The Balaban J connectivity index is 1.73. The van der Waals surface area contributed by atoms with E-state index >= 15 is 0 Å². The van der Waals surface area contributed by atoms with Gasteiger partial charge in [0.25, 0.3) is 0 Å². The van der Waals surface area contributed by atoms with Crippen molar-refractivity contribution in [2.75, 3.05) is 26.4 Å². The second-order valence-electron chi connectivity index (χ2n) is 6.92. The molecule has 0 aromatic carbocycles. The quantitative estimate of drug-likeness (QED) is 0.624. The molecule has 2 fully saturated rings. The molecule has 0 bridgehead atoms. The van der Waals surface area contributed by atoms with E-state index in [0.29, 0.717) is 6.42 Å². The highest BCUT2D eigenvalue weighted by Crippen LogP contribution is 2.27. The Morgan fingerprint density at radius 2 is 1.26 bits per heavy atom. The van der Waals surface area contributed by atoms with E-state index in [-0.39, 0.29) is 38.6 Å². The maximum atomic E-state index is 10.9. The Bertz CT molecular complexity index is 405. The Kier molecular flexibility index (Phi) is 5.36. The molecule has 23 heavy (non-hydrogen) atoms. The smallest absolute Gasteiger partial charge is 0.430 e. The van der Waals surface area contributed by atoms with Crippen LogP contribution in [0.2, 0.25) is 0 Å². The summed E-state index contributed by atoms with van der Waals surface area (Å²) in [5, 5.41) is 0. The molecule has 2 aliphatic heterocycles. The van der Waals surface area contributed by atoms with Gasteiger partial charge in [0.15, 0.2) is 12.2 Å². The summed E-state index contributed by atoms with van der Waals surface area (Å²) < 4.78 is 31.0. The Labute approximate surface area is 135 Å². The van der Waals surface area contributed by atoms with Crippen molar-refractivity contribution < 1.29 is 38.0 Å². The van der Waals surface area contributed by atoms with Crippen molar-refractivity contribution in [3.8, 4) is 0 Å². The molecule has 0 radical (unpaired) electrons. The highest BCUT2D eigenvalue weighted by molar-refractivity contribution is 5.62. The van der Waals surface area contributed by atoms with Crippen LogP contribution in [-0.4, -0.2) is 62.1 Å². The van der Waals surface area contributed by atoms with E-state index in [1.54, 1.807) is 0 Å². The molecule has 0 amide bonds. The molecule has 2 rings (SSSR count). The summed E-state index contributed by atoms with van der Waals surface area (Å²) in [5.41, 5.74) is -0.970. The van der Waals surface area contributed by atoms with Crippen LogP contribution in [0.5, 0.6) is 0 Å². The summed E-state index contributed by atoms with van der Waals surface area (Å²) in [6.45, 7) is 8.71. The van der Waals surface area contributed by atoms with Gasteiger partial charge in [0.1, 0.15) is 13.2 Å². The van der Waals surface area contributed by atoms with Crippen molar-refractivity contribution in [1.29, 1.82) is 0 Å². The third kappa shape index (κ3) is 5.87. The van der Waals surface area contributed by atoms with Crippen LogP contribution in [0.25, 0.3) is 0 Å². The summed E-state index contributed by atoms with van der Waals surface area (Å²) in [5.74, 6) is 0. The van der Waals surface area contributed by atoms with Crippen LogP contribution < -0.4 is 0 Å². The van der Waals surface area contributed by atoms with Gasteiger partial charge in [0, 0.05) is 6.42 Å². The molecular formula is C15H24O8. The lowest BCUT2D eigenvalue weighted by atomic mass is 9.92. The van der Waals surface area contributed by atoms with Gasteiger partial charge in [-0.3, -0.25) is 0 Å². The summed E-state index contributed by atoms with van der Waals surface area (Å²) in [6.07, 6.45) is -1.47. The number of ether oxygens (including phenoxy) is 6. The van der Waals surface area contributed by atoms with Crippen LogP contribution in [-0.2, 0) is 28.4 Å². The zero-order valence-electron chi connectivity index (χ0n) is 14.0. The number of rotatable bonds is 8. The molecule has 0 saturated carbocycles. The van der Waals surface area contributed by atoms with Crippen molar-refractivity contribution in [1.82, 2.24) is 0 Å². The summed E-state index contributed by atoms with van der Waals surface area (Å²) in [4.78, 5) is 21.7. The van der Waals surface area contributed by atoms with E-state index in [2.05, 4.69) is 0 Å². The molecule has 132 valence electrons. The van der Waals surface area contributed by atoms with Crippen LogP contribution in [0.15, 0.2) is 0 Å². The van der Waals surface area contributed by atoms with Crippen LogP contribution >= 0.6 is 0 Å². The topological polar surface area (TPSA) is 89.5 Å². The lowest BCUT2D eigenvalue weighted by molar-refractivity contribution is -0.122. The molecule has 2 heterocycles. The highest BCUT2D eigenvalue weighted by Gasteiger charge is 2.34. The van der Waals surface area contributed by atoms with Gasteiger partial charge in [-0.05, 0) is 27.7 Å². The minimum Gasteiger partial charge on any atom is -0.430 e. The number of hydrogen-bond donors (Lipinski definition) is 0. The van der Waals surface area contributed by atoms with Crippen LogP contribution in [0.3, 0.4) is 0 Å². The molecule has 0 N–H and O–H groups in total. The van der Waals surface area contributed by atoms with E-state index in [4.69, 9.17) is 28.4 Å². The lowest BCUT2D eigenvalue weighted by Gasteiger charge is -2.35. The first-order valence-electron chi connectivity index (χ1n) is 7.60. The number of hydrogen-bond acceptors (Lipinski definition) is 8. The maximum Gasteiger partial charge on any atom is 0.508 e. The second kappa shape index (κ2) is 6.92. The Morgan fingerprint density at radius 1 is 0.870 bits per heavy atom. The van der Waals surface area contributed by atoms with Gasteiger partial charge >= 0.3 is 12.3 Å². The lowest BCUT2D eigenvalue weighted by Crippen LogP contribution is -2.40. The number of cyclic esters (lactones) is 4. The number of carbonyl (C=O) groups is 2. The van der Waals surface area contributed by atoms with Crippen molar-refractivity contribution >= 4 is 12.3 Å². The minimum atomic E-state index is -0.659. The fourth-order valence-electron chi connectivity index (χ4n) is 2.66. The van der Waals surface area contributed by atoms with E-state index < -0.39 is 23.5 Å². The highest BCUT2D eigenvalue weighted by atomic mass is 16.8. The van der Waals surface area contributed by atoms with Crippen molar-refractivity contribution in [2.24, 2.45) is 0 Å². The normalized spacial score (nSPS) is 24.9. The molecule has 0 aromatic heterocycles. The van der Waals surface area contributed by atoms with Crippen molar-refractivity contribution in [3.63, 3.8) is 0 Å². The molecule has 2 unspecified atom stereocenters. The predicted octanol–water partition coefficient (Wildman–Crippen LogP) is 2.04. The zero-order chi connectivity index (χ0) is 17.1. The van der Waals surface area contributed by atoms with E-state index in [9.17, 15) is 9.59 Å². The van der Waals surface area contributed by atoms with Crippen LogP contribution in [0.1, 0.15) is 34.1 Å². The third-order valence-corrected chi connectivity index (χ3v) is 3.47. The molecule has 0 spiro atoms. The van der Waals surface area contributed by atoms with Gasteiger partial charge in [-0.15, -0.1) is 0 Å². The Hall–Kier alpha value is -1.54. The molecule has 8 nitrogen and oxygen atoms in total. The largest absolute Gasteiger partial charge is 0.508 e. The molecule has 2 atom stereocenters. The van der Waals surface area contributed by atoms with E-state index in [1.807, 2.05) is 27.7 Å². The summed E-state index contributed by atoms with van der Waals surface area (Å²) >= 11 is 0. The molecular weight excluding hydrogens is 308 g/mol. The molecule has 8 heteroatoms. The van der Waals surface area contributed by atoms with Crippen molar-refractivity contribution in [2.45, 2.75) is 57.5 Å². The maximum absolute atomic E-state index is 10.9. The zero-order valence-corrected chi connectivity index (χ0v) is 14.0. The predicted molar refractivity (Wildman–Crippen MR) is 77.1 cm³/mol. The van der Waals surface area contributed by atoms with Crippen LogP contribution in [0, 0.1) is 0 Å². The molecule has 0 aliphatic carbocycles. The average Bonchev–Trinajstić information content (AvgIpc) is 3.02. The Morgan fingerprint density at radius 3 is 1.57 bits per heavy atom. The fourth-order valence-corrected chi connectivity index (χ4v) is 2.66. The first kappa shape index (κ1) is 17.8. The first-order valence-corrected chi connectivity index (χ1v) is 7.60. The number of carbonyl (C=O) groups excluding carboxylic acids is 2. The van der Waals surface area contributed by atoms with E-state index in [0.717, 1.165) is 0 Å². The molecule has 2 saturated heterocycles. The molecule has 2 aliphatic rings. The van der Waals surface area contributed by atoms with Gasteiger partial charge in [0.05, 0.1) is 24.4 Å². The van der Waals surface area contributed by atoms with Gasteiger partial charge in [-0.1, -0.05) is 0 Å². The fraction of sp³-hybridized carbons (Fsp3) is 0.867. The van der Waals surface area contributed by atoms with Crippen molar-refractivity contribution in [3.05, 3.63) is 0 Å². The third-order valence-electron chi connectivity index (χ3n) is 3.47. The van der Waals surface area contributed by atoms with Gasteiger partial charge < -0.3 is 28.4 Å². The van der Waals surface area contributed by atoms with Gasteiger partial charge in [0.2, 0.25) is 0 Å². The monoisotopic (exact) mass is 332 g/mol. The minimum absolute atomic E-state index is 0.210.